The molecular formula is C15H16O8. The van der Waals surface area contributed by atoms with Gasteiger partial charge in [0, 0.05) is 26.3 Å². The molecule has 0 radical (unpaired) electrons. The summed E-state index contributed by atoms with van der Waals surface area (Å²) in [5.74, 6) is -3.00. The largest absolute Gasteiger partial charge is 0.461 e. The monoisotopic (exact) mass is 324 g/mol. The third-order valence-electron chi connectivity index (χ3n) is 2.40. The molecule has 1 aromatic carbocycles. The first kappa shape index (κ1) is 18.1. The van der Waals surface area contributed by atoms with E-state index in [1.807, 2.05) is 0 Å². The molecule has 0 N–H and O–H groups in total. The molecular weight excluding hydrogens is 308 g/mol. The Balaban J connectivity index is 2.87. The molecule has 0 aromatic heterocycles. The number of benzene rings is 1. The van der Waals surface area contributed by atoms with E-state index in [-0.39, 0.29) is 12.2 Å². The molecule has 0 aliphatic heterocycles. The summed E-state index contributed by atoms with van der Waals surface area (Å²) < 4.78 is 18.8. The van der Waals surface area contributed by atoms with Gasteiger partial charge in [-0.2, -0.15) is 0 Å². The lowest BCUT2D eigenvalue weighted by molar-refractivity contribution is -0.242. The van der Waals surface area contributed by atoms with Gasteiger partial charge < -0.3 is 18.9 Å². The molecule has 8 heteroatoms. The second kappa shape index (κ2) is 8.52. The maximum atomic E-state index is 12.1. The minimum absolute atomic E-state index is 0.0815. The molecule has 8 nitrogen and oxygen atoms in total. The highest BCUT2D eigenvalue weighted by molar-refractivity contribution is 5.91. The van der Waals surface area contributed by atoms with Crippen LogP contribution in [0.2, 0.25) is 0 Å². The molecule has 0 unspecified atom stereocenters. The van der Waals surface area contributed by atoms with Crippen molar-refractivity contribution in [2.45, 2.75) is 33.9 Å². The number of hydrogen-bond donors (Lipinski definition) is 0. The van der Waals surface area contributed by atoms with E-state index < -0.39 is 30.4 Å². The van der Waals surface area contributed by atoms with Crippen molar-refractivity contribution in [3.05, 3.63) is 35.4 Å². The quantitative estimate of drug-likeness (QED) is 0.570. The van der Waals surface area contributed by atoms with Gasteiger partial charge >= 0.3 is 30.4 Å². The zero-order valence-electron chi connectivity index (χ0n) is 12.9. The molecule has 0 amide bonds. The normalized spacial score (nSPS) is 9.91. The summed E-state index contributed by atoms with van der Waals surface area (Å²) in [6.45, 7) is 1.45. The van der Waals surface area contributed by atoms with Crippen LogP contribution in [0.15, 0.2) is 24.3 Å². The zero-order valence-corrected chi connectivity index (χ0v) is 12.9. The van der Waals surface area contributed by atoms with Crippen LogP contribution in [0, 0.1) is 0 Å². The molecule has 0 saturated heterocycles. The minimum Gasteiger partial charge on any atom is -0.461 e. The number of esters is 4. The summed E-state index contributed by atoms with van der Waals surface area (Å²) in [5, 5.41) is 0. The highest BCUT2D eigenvalue weighted by Crippen LogP contribution is 2.14. The summed E-state index contributed by atoms with van der Waals surface area (Å²) in [6.07, 6.45) is 0. The first-order valence-electron chi connectivity index (χ1n) is 6.56. The number of hydrogen-bond acceptors (Lipinski definition) is 8. The summed E-state index contributed by atoms with van der Waals surface area (Å²) in [4.78, 5) is 44.9. The van der Waals surface area contributed by atoms with Crippen LogP contribution < -0.4 is 0 Å². The topological polar surface area (TPSA) is 105 Å². The van der Waals surface area contributed by atoms with Gasteiger partial charge in [0.15, 0.2) is 0 Å². The van der Waals surface area contributed by atoms with Crippen molar-refractivity contribution in [3.8, 4) is 0 Å². The van der Waals surface area contributed by atoms with Crippen LogP contribution in [-0.2, 0) is 39.9 Å². The van der Waals surface area contributed by atoms with Crippen LogP contribution in [0.3, 0.4) is 0 Å². The molecule has 0 fully saturated rings. The van der Waals surface area contributed by atoms with Gasteiger partial charge in [-0.05, 0) is 6.07 Å². The van der Waals surface area contributed by atoms with Crippen LogP contribution in [0.4, 0.5) is 0 Å². The van der Waals surface area contributed by atoms with Crippen molar-refractivity contribution in [3.63, 3.8) is 0 Å². The fraction of sp³-hybridized carbons (Fsp3) is 0.333. The van der Waals surface area contributed by atoms with E-state index in [1.165, 1.54) is 13.0 Å². The van der Waals surface area contributed by atoms with Gasteiger partial charge in [0.05, 0.1) is 5.56 Å². The lowest BCUT2D eigenvalue weighted by atomic mass is 10.1. The Bertz CT molecular complexity index is 591. The predicted molar refractivity (Wildman–Crippen MR) is 74.6 cm³/mol. The van der Waals surface area contributed by atoms with Crippen LogP contribution in [0.25, 0.3) is 0 Å². The maximum absolute atomic E-state index is 12.1. The van der Waals surface area contributed by atoms with Crippen LogP contribution in [0.1, 0.15) is 36.7 Å². The zero-order chi connectivity index (χ0) is 17.4. The first-order chi connectivity index (χ1) is 10.8. The highest BCUT2D eigenvalue weighted by atomic mass is 16.9. The Hall–Kier alpha value is -2.90. The Morgan fingerprint density at radius 2 is 1.43 bits per heavy atom. The first-order valence-corrected chi connectivity index (χ1v) is 6.56. The third-order valence-corrected chi connectivity index (χ3v) is 2.40. The molecule has 1 aromatic rings. The fourth-order valence-corrected chi connectivity index (χ4v) is 1.52. The van der Waals surface area contributed by atoms with E-state index in [0.29, 0.717) is 5.56 Å². The average Bonchev–Trinajstić information content (AvgIpc) is 2.43. The van der Waals surface area contributed by atoms with Crippen molar-refractivity contribution >= 4 is 23.9 Å². The van der Waals surface area contributed by atoms with Gasteiger partial charge in [-0.15, -0.1) is 0 Å². The van der Waals surface area contributed by atoms with Crippen molar-refractivity contribution < 1.29 is 38.1 Å². The van der Waals surface area contributed by atoms with Gasteiger partial charge in [-0.3, -0.25) is 14.4 Å². The van der Waals surface area contributed by atoms with Crippen LogP contribution in [-0.4, -0.2) is 30.4 Å². The summed E-state index contributed by atoms with van der Waals surface area (Å²) >= 11 is 0. The third kappa shape index (κ3) is 6.60. The second-order valence-electron chi connectivity index (χ2n) is 4.35. The molecule has 0 heterocycles. The van der Waals surface area contributed by atoms with Crippen molar-refractivity contribution in [2.24, 2.45) is 0 Å². The predicted octanol–water partition coefficient (Wildman–Crippen LogP) is 1.32. The van der Waals surface area contributed by atoms with E-state index in [2.05, 4.69) is 9.47 Å². The molecule has 124 valence electrons. The Morgan fingerprint density at radius 1 is 0.870 bits per heavy atom. The Kier molecular flexibility index (Phi) is 6.72. The van der Waals surface area contributed by atoms with E-state index in [1.54, 1.807) is 18.2 Å². The number of carbonyl (C=O) groups excluding carboxylic acids is 4. The average molecular weight is 324 g/mol. The molecule has 0 spiro atoms. The highest BCUT2D eigenvalue weighted by Gasteiger charge is 2.23. The molecule has 0 aliphatic carbocycles. The van der Waals surface area contributed by atoms with Gasteiger partial charge in [-0.25, -0.2) is 4.79 Å². The molecule has 23 heavy (non-hydrogen) atoms. The lowest BCUT2D eigenvalue weighted by Gasteiger charge is -2.17. The van der Waals surface area contributed by atoms with Gasteiger partial charge in [-0.1, -0.05) is 18.2 Å². The molecule has 0 aliphatic rings. The molecule has 0 saturated carbocycles. The molecule has 0 bridgehead atoms. The van der Waals surface area contributed by atoms with E-state index in [9.17, 15) is 19.2 Å². The van der Waals surface area contributed by atoms with Gasteiger partial charge in [0.1, 0.15) is 6.61 Å². The maximum Gasteiger partial charge on any atom is 0.413 e. The summed E-state index contributed by atoms with van der Waals surface area (Å²) in [6, 6.07) is 6.21. The Labute approximate surface area is 132 Å². The van der Waals surface area contributed by atoms with Crippen molar-refractivity contribution in [1.29, 1.82) is 0 Å². The molecule has 0 atom stereocenters. The Morgan fingerprint density at radius 3 is 1.96 bits per heavy atom. The number of rotatable bonds is 6. The lowest BCUT2D eigenvalue weighted by Crippen LogP contribution is -2.28. The SMILES string of the molecule is CC(=O)OCc1ccccc1C(=O)OC(OC(C)=O)OC(C)=O. The van der Waals surface area contributed by atoms with Crippen LogP contribution in [0.5, 0.6) is 0 Å². The van der Waals surface area contributed by atoms with Crippen molar-refractivity contribution in [1.82, 2.24) is 0 Å². The summed E-state index contributed by atoms with van der Waals surface area (Å²) in [5.41, 5.74) is 0.468. The van der Waals surface area contributed by atoms with E-state index in [4.69, 9.17) is 9.47 Å². The second-order valence-corrected chi connectivity index (χ2v) is 4.35. The number of carbonyl (C=O) groups is 4. The van der Waals surface area contributed by atoms with E-state index >= 15 is 0 Å². The fourth-order valence-electron chi connectivity index (χ4n) is 1.52. The van der Waals surface area contributed by atoms with Crippen LogP contribution >= 0.6 is 0 Å². The molecule has 1 rings (SSSR count). The van der Waals surface area contributed by atoms with Gasteiger partial charge in [0.2, 0.25) is 0 Å². The minimum atomic E-state index is -1.79. The van der Waals surface area contributed by atoms with E-state index in [0.717, 1.165) is 13.8 Å². The standard InChI is InChI=1S/C15H16O8/c1-9(16)20-8-12-6-4-5-7-13(12)14(19)23-15(21-10(2)17)22-11(3)18/h4-7,15H,8H2,1-3H3. The number of ether oxygens (including phenoxy) is 4. The summed E-state index contributed by atoms with van der Waals surface area (Å²) in [7, 11) is 0. The smallest absolute Gasteiger partial charge is 0.413 e. The van der Waals surface area contributed by atoms with Crippen molar-refractivity contribution in [2.75, 3.05) is 0 Å². The van der Waals surface area contributed by atoms with Gasteiger partial charge in [0.25, 0.3) is 0 Å².